The minimum atomic E-state index is -1.06. The van der Waals surface area contributed by atoms with E-state index in [1.165, 1.54) is 6.08 Å². The topological polar surface area (TPSA) is 68.2 Å². The van der Waals surface area contributed by atoms with E-state index in [0.29, 0.717) is 10.9 Å². The van der Waals surface area contributed by atoms with E-state index in [1.807, 2.05) is 6.92 Å². The monoisotopic (exact) mass is 226 g/mol. The second-order valence-electron chi connectivity index (χ2n) is 3.01. The summed E-state index contributed by atoms with van der Waals surface area (Å²) < 4.78 is 0. The highest BCUT2D eigenvalue weighted by Crippen LogP contribution is 2.24. The Balaban J connectivity index is 2.33. The van der Waals surface area contributed by atoms with Crippen LogP contribution in [0.4, 0.5) is 0 Å². The summed E-state index contributed by atoms with van der Waals surface area (Å²) in [7, 11) is 0. The van der Waals surface area contributed by atoms with E-state index in [-0.39, 0.29) is 5.71 Å². The predicted molar refractivity (Wildman–Crippen MR) is 57.6 cm³/mol. The number of nitrogens with one attached hydrogen (secondary N) is 1. The van der Waals surface area contributed by atoms with Gasteiger partial charge in [0.05, 0.1) is 11.2 Å². The Kier molecular flexibility index (Phi) is 2.41. The summed E-state index contributed by atoms with van der Waals surface area (Å²) in [6.45, 7) is 2.71. The molecule has 0 aliphatic carbocycles. The molecule has 0 saturated carbocycles. The molecule has 0 fully saturated rings. The first-order valence-corrected chi connectivity index (χ1v) is 4.84. The Morgan fingerprint density at radius 3 is 3.07 bits per heavy atom. The van der Waals surface area contributed by atoms with Gasteiger partial charge in [-0.15, -0.1) is 18.2 Å². The van der Waals surface area contributed by atoms with Crippen LogP contribution in [-0.4, -0.2) is 33.4 Å². The number of carboxylic acid groups (broad SMARTS) is 1. The van der Waals surface area contributed by atoms with Crippen molar-refractivity contribution in [1.29, 1.82) is 0 Å². The number of hydrogen-bond donors (Lipinski definition) is 3. The van der Waals surface area contributed by atoms with E-state index in [0.717, 1.165) is 6.54 Å². The fourth-order valence-corrected chi connectivity index (χ4v) is 1.54. The molecule has 0 aromatic heterocycles. The van der Waals surface area contributed by atoms with Crippen LogP contribution in [0.2, 0.25) is 0 Å². The molecule has 0 atom stereocenters. The second kappa shape index (κ2) is 3.59. The lowest BCUT2D eigenvalue weighted by Gasteiger charge is -2.24. The summed E-state index contributed by atoms with van der Waals surface area (Å²) in [6.07, 6.45) is 3.13. The van der Waals surface area contributed by atoms with Crippen molar-refractivity contribution in [3.63, 3.8) is 0 Å². The molecular weight excluding hydrogens is 216 g/mol. The van der Waals surface area contributed by atoms with Crippen LogP contribution in [-0.2, 0) is 4.79 Å². The van der Waals surface area contributed by atoms with Crippen LogP contribution in [0.25, 0.3) is 0 Å². The molecule has 7 heteroatoms. The fourth-order valence-electron chi connectivity index (χ4n) is 1.27. The second-order valence-corrected chi connectivity index (χ2v) is 3.47. The van der Waals surface area contributed by atoms with Gasteiger partial charge >= 0.3 is 5.97 Å². The van der Waals surface area contributed by atoms with E-state index >= 15 is 0 Å². The van der Waals surface area contributed by atoms with Gasteiger partial charge in [-0.05, 0) is 6.92 Å². The number of hydrazine groups is 2. The molecule has 0 bridgehead atoms. The van der Waals surface area contributed by atoms with Gasteiger partial charge in [0.15, 0.2) is 11.5 Å². The number of carboxylic acids is 1. The van der Waals surface area contributed by atoms with Crippen molar-refractivity contribution in [2.45, 2.75) is 6.92 Å². The summed E-state index contributed by atoms with van der Waals surface area (Å²) in [6, 6.07) is 0. The van der Waals surface area contributed by atoms with Crippen LogP contribution in [0.5, 0.6) is 0 Å². The van der Waals surface area contributed by atoms with Gasteiger partial charge in [-0.1, -0.05) is 0 Å². The first-order chi connectivity index (χ1) is 7.11. The first kappa shape index (κ1) is 10.1. The normalized spacial score (nSPS) is 19.5. The van der Waals surface area contributed by atoms with Gasteiger partial charge in [0.2, 0.25) is 0 Å². The van der Waals surface area contributed by atoms with Crippen molar-refractivity contribution in [3.8, 4) is 0 Å². The largest absolute Gasteiger partial charge is 0.477 e. The third kappa shape index (κ3) is 1.71. The zero-order chi connectivity index (χ0) is 11.0. The van der Waals surface area contributed by atoms with Gasteiger partial charge < -0.3 is 5.11 Å². The lowest BCUT2D eigenvalue weighted by atomic mass is 10.3. The number of carbonyl (C=O) groups is 1. The van der Waals surface area contributed by atoms with Crippen molar-refractivity contribution in [1.82, 2.24) is 15.6 Å². The molecule has 2 heterocycles. The maximum Gasteiger partial charge on any atom is 0.354 e. The molecule has 0 amide bonds. The van der Waals surface area contributed by atoms with Gasteiger partial charge in [-0.2, -0.15) is 0 Å². The maximum atomic E-state index is 10.8. The molecule has 2 rings (SSSR count). The quantitative estimate of drug-likeness (QED) is 0.585. The molecule has 0 aromatic rings. The zero-order valence-corrected chi connectivity index (χ0v) is 8.90. The molecule has 0 radical (unpaired) electrons. The fraction of sp³-hybridized carbons (Fsp3) is 0.250. The highest BCUT2D eigenvalue weighted by Gasteiger charge is 2.26. The zero-order valence-electron chi connectivity index (χ0n) is 8.01. The molecule has 0 unspecified atom stereocenters. The number of fused-ring (bicyclic) bond motifs is 1. The van der Waals surface area contributed by atoms with Gasteiger partial charge in [0.25, 0.3) is 0 Å². The number of hydrogen-bond acceptors (Lipinski definition) is 6. The summed E-state index contributed by atoms with van der Waals surface area (Å²) >= 11 is 4.18. The molecule has 0 saturated heterocycles. The maximum absolute atomic E-state index is 10.8. The van der Waals surface area contributed by atoms with Crippen LogP contribution >= 0.6 is 12.6 Å². The van der Waals surface area contributed by atoms with Crippen molar-refractivity contribution in [2.75, 3.05) is 6.54 Å². The van der Waals surface area contributed by atoms with Gasteiger partial charge in [0, 0.05) is 12.6 Å². The number of nitrogens with zero attached hydrogens (tertiary/aromatic N) is 3. The van der Waals surface area contributed by atoms with Crippen molar-refractivity contribution >= 4 is 24.3 Å². The van der Waals surface area contributed by atoms with E-state index < -0.39 is 5.97 Å². The highest BCUT2D eigenvalue weighted by molar-refractivity contribution is 7.84. The SMILES string of the molecule is CCN1C=C2N=C(C(=O)O)C=C(S)N2N1. The molecule has 80 valence electrons. The van der Waals surface area contributed by atoms with Gasteiger partial charge in [-0.3, -0.25) is 5.01 Å². The molecule has 0 spiro atoms. The molecule has 15 heavy (non-hydrogen) atoms. The Bertz CT molecular complexity index is 401. The third-order valence-corrected chi connectivity index (χ3v) is 2.35. The van der Waals surface area contributed by atoms with E-state index in [1.54, 1.807) is 16.2 Å². The first-order valence-electron chi connectivity index (χ1n) is 4.39. The molecule has 2 N–H and O–H groups in total. The highest BCUT2D eigenvalue weighted by atomic mass is 32.1. The number of thiol groups is 1. The smallest absolute Gasteiger partial charge is 0.354 e. The van der Waals surface area contributed by atoms with E-state index in [2.05, 4.69) is 23.2 Å². The average Bonchev–Trinajstić information content (AvgIpc) is 2.61. The van der Waals surface area contributed by atoms with Gasteiger partial charge in [-0.25, -0.2) is 14.8 Å². The minimum absolute atomic E-state index is 0.0118. The summed E-state index contributed by atoms with van der Waals surface area (Å²) in [5.74, 6) is -0.529. The summed E-state index contributed by atoms with van der Waals surface area (Å²) in [4.78, 5) is 14.7. The number of aliphatic carboxylic acids is 1. The lowest BCUT2D eigenvalue weighted by Crippen LogP contribution is -2.40. The molecule has 0 aromatic carbocycles. The lowest BCUT2D eigenvalue weighted by molar-refractivity contribution is -0.129. The standard InChI is InChI=1S/C8H10N4O2S/c1-2-11-4-6-9-5(8(13)14)3-7(15)12(6)10-11/h3-4,10,15H,2H2,1H3,(H,13,14). The van der Waals surface area contributed by atoms with Crippen LogP contribution in [0, 0.1) is 0 Å². The minimum Gasteiger partial charge on any atom is -0.477 e. The number of rotatable bonds is 2. The molecule has 2 aliphatic rings. The van der Waals surface area contributed by atoms with Crippen molar-refractivity contribution in [3.05, 3.63) is 23.1 Å². The van der Waals surface area contributed by atoms with Crippen LogP contribution in [0.1, 0.15) is 6.92 Å². The molecular formula is C8H10N4O2S. The van der Waals surface area contributed by atoms with E-state index in [9.17, 15) is 4.79 Å². The Hall–Kier alpha value is -1.47. The van der Waals surface area contributed by atoms with E-state index in [4.69, 9.17) is 5.11 Å². The molecule has 6 nitrogen and oxygen atoms in total. The van der Waals surface area contributed by atoms with Crippen LogP contribution in [0.15, 0.2) is 28.1 Å². The Labute approximate surface area is 91.9 Å². The van der Waals surface area contributed by atoms with Crippen LogP contribution < -0.4 is 5.53 Å². The van der Waals surface area contributed by atoms with Gasteiger partial charge in [0.1, 0.15) is 0 Å². The van der Waals surface area contributed by atoms with Crippen LogP contribution in [0.3, 0.4) is 0 Å². The molecule has 2 aliphatic heterocycles. The summed E-state index contributed by atoms with van der Waals surface area (Å²) in [5, 5.41) is 12.7. The number of aliphatic imine (C=N–C) groups is 1. The van der Waals surface area contributed by atoms with Crippen molar-refractivity contribution < 1.29 is 9.90 Å². The summed E-state index contributed by atoms with van der Waals surface area (Å²) in [5.41, 5.74) is 2.97. The third-order valence-electron chi connectivity index (χ3n) is 2.02. The Morgan fingerprint density at radius 1 is 1.73 bits per heavy atom. The predicted octanol–water partition coefficient (Wildman–Crippen LogP) is 0.153. The average molecular weight is 226 g/mol. The Morgan fingerprint density at radius 2 is 2.47 bits per heavy atom. The van der Waals surface area contributed by atoms with Crippen molar-refractivity contribution in [2.24, 2.45) is 4.99 Å².